The molecule has 0 saturated heterocycles. The minimum atomic E-state index is 0.418. The molecule has 0 aromatic rings. The Labute approximate surface area is 91.5 Å². The van der Waals surface area contributed by atoms with E-state index in [-0.39, 0.29) is 0 Å². The summed E-state index contributed by atoms with van der Waals surface area (Å²) in [5.41, 5.74) is 0.900. The summed E-state index contributed by atoms with van der Waals surface area (Å²) in [4.78, 5) is 0. The van der Waals surface area contributed by atoms with Gasteiger partial charge in [0.1, 0.15) is 0 Å². The molecule has 86 valence electrons. The quantitative estimate of drug-likeness (QED) is 0.587. The third-order valence-electron chi connectivity index (χ3n) is 3.53. The molecule has 0 nitrogen and oxygen atoms in total. The number of hydrogen-bond donors (Lipinski definition) is 0. The van der Waals surface area contributed by atoms with Gasteiger partial charge in [0.05, 0.1) is 0 Å². The van der Waals surface area contributed by atoms with E-state index in [1.807, 2.05) is 0 Å². The second-order valence-electron chi connectivity index (χ2n) is 7.01. The molecule has 0 aliphatic rings. The van der Waals surface area contributed by atoms with E-state index in [4.69, 9.17) is 0 Å². The number of hydrogen-bond acceptors (Lipinski definition) is 0. The van der Waals surface area contributed by atoms with Crippen molar-refractivity contribution in [1.29, 1.82) is 0 Å². The van der Waals surface area contributed by atoms with Crippen LogP contribution >= 0.6 is 0 Å². The van der Waals surface area contributed by atoms with Crippen molar-refractivity contribution in [2.24, 2.45) is 22.7 Å². The first-order valence-electron chi connectivity index (χ1n) is 6.08. The third kappa shape index (κ3) is 4.02. The molecule has 0 aromatic heterocycles. The van der Waals surface area contributed by atoms with Crippen LogP contribution in [0.3, 0.4) is 0 Å². The van der Waals surface area contributed by atoms with E-state index in [9.17, 15) is 0 Å². The lowest BCUT2D eigenvalue weighted by Crippen LogP contribution is -2.35. The van der Waals surface area contributed by atoms with Crippen LogP contribution in [-0.4, -0.2) is 0 Å². The molecular weight excluding hydrogens is 168 g/mol. The summed E-state index contributed by atoms with van der Waals surface area (Å²) in [6.45, 7) is 19.0. The molecule has 0 radical (unpaired) electrons. The summed E-state index contributed by atoms with van der Waals surface area (Å²) < 4.78 is 0. The molecule has 0 fully saturated rings. The molecule has 0 N–H and O–H groups in total. The summed E-state index contributed by atoms with van der Waals surface area (Å²) in [6.07, 6.45) is 2.68. The van der Waals surface area contributed by atoms with Gasteiger partial charge in [0, 0.05) is 0 Å². The molecule has 0 unspecified atom stereocenters. The predicted octanol–water partition coefficient (Wildman–Crippen LogP) is 5.13. The average Bonchev–Trinajstić information content (AvgIpc) is 1.78. The molecule has 0 aliphatic carbocycles. The fourth-order valence-corrected chi connectivity index (χ4v) is 2.50. The van der Waals surface area contributed by atoms with Crippen LogP contribution in [0.5, 0.6) is 0 Å². The van der Waals surface area contributed by atoms with E-state index >= 15 is 0 Å². The SMILES string of the molecule is CC(C)CC(C)(CC(C)C)C(C)(C)C. The maximum absolute atomic E-state index is 2.47. The van der Waals surface area contributed by atoms with Crippen LogP contribution in [0.1, 0.15) is 68.2 Å². The lowest BCUT2D eigenvalue weighted by atomic mass is 9.61. The highest BCUT2D eigenvalue weighted by Gasteiger charge is 2.37. The van der Waals surface area contributed by atoms with E-state index in [0.717, 1.165) is 11.8 Å². The summed E-state index contributed by atoms with van der Waals surface area (Å²) in [7, 11) is 0. The van der Waals surface area contributed by atoms with Gasteiger partial charge in [-0.1, -0.05) is 55.4 Å². The average molecular weight is 198 g/mol. The van der Waals surface area contributed by atoms with Gasteiger partial charge in [0.2, 0.25) is 0 Å². The molecule has 0 spiro atoms. The summed E-state index contributed by atoms with van der Waals surface area (Å²) in [5, 5.41) is 0. The van der Waals surface area contributed by atoms with Crippen molar-refractivity contribution in [1.82, 2.24) is 0 Å². The van der Waals surface area contributed by atoms with Crippen molar-refractivity contribution in [3.8, 4) is 0 Å². The molecule has 0 saturated carbocycles. The molecule has 0 amide bonds. The van der Waals surface area contributed by atoms with Crippen molar-refractivity contribution < 1.29 is 0 Å². The molecule has 0 aromatic carbocycles. The van der Waals surface area contributed by atoms with Crippen molar-refractivity contribution in [2.45, 2.75) is 68.2 Å². The first-order valence-corrected chi connectivity index (χ1v) is 6.08. The molecule has 0 heterocycles. The Morgan fingerprint density at radius 1 is 0.714 bits per heavy atom. The molecular formula is C14H30. The monoisotopic (exact) mass is 198 g/mol. The minimum absolute atomic E-state index is 0.418. The highest BCUT2D eigenvalue weighted by molar-refractivity contribution is 4.87. The molecule has 0 atom stereocenters. The first-order chi connectivity index (χ1) is 6.08. The van der Waals surface area contributed by atoms with Crippen LogP contribution < -0.4 is 0 Å². The fraction of sp³-hybridized carbons (Fsp3) is 1.00. The van der Waals surface area contributed by atoms with Crippen LogP contribution in [0, 0.1) is 22.7 Å². The second-order valence-corrected chi connectivity index (χ2v) is 7.01. The molecule has 0 rings (SSSR count). The minimum Gasteiger partial charge on any atom is -0.0628 e. The van der Waals surface area contributed by atoms with Gasteiger partial charge >= 0.3 is 0 Å². The maximum Gasteiger partial charge on any atom is -0.0272 e. The van der Waals surface area contributed by atoms with Crippen LogP contribution in [0.25, 0.3) is 0 Å². The zero-order chi connectivity index (χ0) is 11.6. The van der Waals surface area contributed by atoms with Crippen LogP contribution in [0.2, 0.25) is 0 Å². The van der Waals surface area contributed by atoms with E-state index in [1.165, 1.54) is 12.8 Å². The van der Waals surface area contributed by atoms with Crippen LogP contribution in [0.15, 0.2) is 0 Å². The maximum atomic E-state index is 2.47. The third-order valence-corrected chi connectivity index (χ3v) is 3.53. The lowest BCUT2D eigenvalue weighted by molar-refractivity contribution is 0.0550. The molecule has 0 aliphatic heterocycles. The van der Waals surface area contributed by atoms with Gasteiger partial charge in [-0.2, -0.15) is 0 Å². The van der Waals surface area contributed by atoms with E-state index in [0.29, 0.717) is 10.8 Å². The van der Waals surface area contributed by atoms with E-state index in [1.54, 1.807) is 0 Å². The highest BCUT2D eigenvalue weighted by atomic mass is 14.4. The van der Waals surface area contributed by atoms with Gasteiger partial charge < -0.3 is 0 Å². The van der Waals surface area contributed by atoms with Gasteiger partial charge in [0.25, 0.3) is 0 Å². The van der Waals surface area contributed by atoms with Gasteiger partial charge in [-0.3, -0.25) is 0 Å². The topological polar surface area (TPSA) is 0 Å². The second kappa shape index (κ2) is 4.68. The standard InChI is InChI=1S/C14H30/c1-11(2)9-14(8,10-12(3)4)13(5,6)7/h11-12H,9-10H2,1-8H3. The predicted molar refractivity (Wildman–Crippen MR) is 66.5 cm³/mol. The van der Waals surface area contributed by atoms with E-state index < -0.39 is 0 Å². The zero-order valence-electron chi connectivity index (χ0n) is 11.6. The van der Waals surface area contributed by atoms with Gasteiger partial charge in [-0.05, 0) is 35.5 Å². The summed E-state index contributed by atoms with van der Waals surface area (Å²) in [5.74, 6) is 1.61. The van der Waals surface area contributed by atoms with Crippen molar-refractivity contribution >= 4 is 0 Å². The van der Waals surface area contributed by atoms with Crippen molar-refractivity contribution in [3.05, 3.63) is 0 Å². The molecule has 14 heavy (non-hydrogen) atoms. The lowest BCUT2D eigenvalue weighted by Gasteiger charge is -2.45. The Morgan fingerprint density at radius 2 is 1.00 bits per heavy atom. The summed E-state index contributed by atoms with van der Waals surface area (Å²) in [6, 6.07) is 0. The Hall–Kier alpha value is 0. The Kier molecular flexibility index (Phi) is 4.68. The van der Waals surface area contributed by atoms with Gasteiger partial charge in [0.15, 0.2) is 0 Å². The Morgan fingerprint density at radius 3 is 1.14 bits per heavy atom. The van der Waals surface area contributed by atoms with Crippen LogP contribution in [0.4, 0.5) is 0 Å². The van der Waals surface area contributed by atoms with Gasteiger partial charge in [-0.15, -0.1) is 0 Å². The van der Waals surface area contributed by atoms with E-state index in [2.05, 4.69) is 55.4 Å². The molecule has 0 bridgehead atoms. The summed E-state index contributed by atoms with van der Waals surface area (Å²) >= 11 is 0. The molecule has 0 heteroatoms. The highest BCUT2D eigenvalue weighted by Crippen LogP contribution is 2.47. The number of rotatable bonds is 4. The van der Waals surface area contributed by atoms with Crippen molar-refractivity contribution in [3.63, 3.8) is 0 Å². The smallest absolute Gasteiger partial charge is 0.0272 e. The van der Waals surface area contributed by atoms with Crippen molar-refractivity contribution in [2.75, 3.05) is 0 Å². The largest absolute Gasteiger partial charge is 0.0628 e. The normalized spacial score (nSPS) is 14.1. The fourth-order valence-electron chi connectivity index (χ4n) is 2.50. The van der Waals surface area contributed by atoms with Crippen LogP contribution in [-0.2, 0) is 0 Å². The Balaban J connectivity index is 4.67. The zero-order valence-corrected chi connectivity index (χ0v) is 11.6. The first kappa shape index (κ1) is 14.0. The van der Waals surface area contributed by atoms with Gasteiger partial charge in [-0.25, -0.2) is 0 Å². The Bertz CT molecular complexity index is 147.